The number of hydrogen-bond donors (Lipinski definition) is 1. The summed E-state index contributed by atoms with van der Waals surface area (Å²) >= 11 is 0. The Morgan fingerprint density at radius 2 is 2.00 bits per heavy atom. The molecule has 0 saturated carbocycles. The molecule has 0 amide bonds. The van der Waals surface area contributed by atoms with E-state index in [-0.39, 0.29) is 18.1 Å². The monoisotopic (exact) mass is 189 g/mol. The largest absolute Gasteiger partial charge is 0.464 e. The van der Waals surface area contributed by atoms with Crippen LogP contribution in [0, 0.1) is 0 Å². The molecule has 0 spiro atoms. The first-order chi connectivity index (χ1) is 5.90. The van der Waals surface area contributed by atoms with E-state index >= 15 is 0 Å². The third kappa shape index (κ3) is 5.60. The minimum atomic E-state index is -0.653. The molecule has 0 unspecified atom stereocenters. The summed E-state index contributed by atoms with van der Waals surface area (Å²) in [5.41, 5.74) is 5.01. The van der Waals surface area contributed by atoms with Gasteiger partial charge in [-0.3, -0.25) is 0 Å². The highest BCUT2D eigenvalue weighted by Gasteiger charge is 2.24. The minimum Gasteiger partial charge on any atom is -0.464 e. The zero-order valence-corrected chi connectivity index (χ0v) is 8.79. The summed E-state index contributed by atoms with van der Waals surface area (Å²) in [5.74, 6) is -0.389. The van der Waals surface area contributed by atoms with Crippen LogP contribution in [0.4, 0.5) is 0 Å². The van der Waals surface area contributed by atoms with Gasteiger partial charge in [0.15, 0.2) is 6.10 Å². The normalized spacial score (nSPS) is 13.9. The lowest BCUT2D eigenvalue weighted by atomic mass is 10.2. The summed E-state index contributed by atoms with van der Waals surface area (Å²) in [7, 11) is 0. The maximum atomic E-state index is 11.2. The molecule has 0 heterocycles. The van der Waals surface area contributed by atoms with E-state index < -0.39 is 6.10 Å². The summed E-state index contributed by atoms with van der Waals surface area (Å²) < 4.78 is 10.2. The van der Waals surface area contributed by atoms with Crippen molar-refractivity contribution in [1.82, 2.24) is 0 Å². The Bertz CT molecular complexity index is 163. The molecule has 0 aromatic heterocycles. The second-order valence-corrected chi connectivity index (χ2v) is 3.71. The number of nitrogens with two attached hydrogens (primary N) is 1. The van der Waals surface area contributed by atoms with E-state index in [0.717, 1.165) is 0 Å². The van der Waals surface area contributed by atoms with Crippen LogP contribution in [0.1, 0.15) is 27.7 Å². The van der Waals surface area contributed by atoms with Crippen LogP contribution in [0.2, 0.25) is 0 Å². The highest BCUT2D eigenvalue weighted by atomic mass is 16.6. The van der Waals surface area contributed by atoms with Gasteiger partial charge in [-0.1, -0.05) is 0 Å². The molecule has 4 nitrogen and oxygen atoms in total. The summed E-state index contributed by atoms with van der Waals surface area (Å²) in [6.45, 7) is 7.86. The molecule has 0 fully saturated rings. The molecule has 0 bridgehead atoms. The molecule has 2 N–H and O–H groups in total. The Labute approximate surface area is 79.4 Å². The van der Waals surface area contributed by atoms with Crippen LogP contribution in [0.15, 0.2) is 0 Å². The van der Waals surface area contributed by atoms with E-state index in [0.29, 0.717) is 6.61 Å². The Morgan fingerprint density at radius 1 is 1.46 bits per heavy atom. The quantitative estimate of drug-likeness (QED) is 0.661. The predicted molar refractivity (Wildman–Crippen MR) is 50.3 cm³/mol. The van der Waals surface area contributed by atoms with Gasteiger partial charge in [-0.25, -0.2) is 4.79 Å². The fraction of sp³-hybridized carbons (Fsp3) is 0.889. The van der Waals surface area contributed by atoms with Gasteiger partial charge in [-0.05, 0) is 27.7 Å². The molecule has 0 aromatic rings. The van der Waals surface area contributed by atoms with Crippen LogP contribution in [0.25, 0.3) is 0 Å². The molecule has 0 saturated heterocycles. The first-order valence-corrected chi connectivity index (χ1v) is 4.45. The molecule has 0 aliphatic rings. The van der Waals surface area contributed by atoms with E-state index in [1.165, 1.54) is 0 Å². The molecule has 0 aromatic carbocycles. The van der Waals surface area contributed by atoms with Crippen LogP contribution in [0.3, 0.4) is 0 Å². The van der Waals surface area contributed by atoms with Crippen molar-refractivity contribution in [1.29, 1.82) is 0 Å². The standard InChI is InChI=1S/C9H19NO3/c1-5-12-8(11)7(6-10)13-9(2,3)4/h7H,5-6,10H2,1-4H3/t7-/m1/s1. The average Bonchev–Trinajstić information content (AvgIpc) is 1.99. The Morgan fingerprint density at radius 3 is 2.31 bits per heavy atom. The maximum Gasteiger partial charge on any atom is 0.336 e. The lowest BCUT2D eigenvalue weighted by Gasteiger charge is -2.25. The van der Waals surface area contributed by atoms with Gasteiger partial charge in [0.05, 0.1) is 12.2 Å². The summed E-state index contributed by atoms with van der Waals surface area (Å²) in [6, 6.07) is 0. The second kappa shape index (κ2) is 5.19. The van der Waals surface area contributed by atoms with Gasteiger partial charge in [0.25, 0.3) is 0 Å². The van der Waals surface area contributed by atoms with E-state index in [4.69, 9.17) is 15.2 Å². The van der Waals surface area contributed by atoms with Gasteiger partial charge in [-0.2, -0.15) is 0 Å². The van der Waals surface area contributed by atoms with Gasteiger partial charge < -0.3 is 15.2 Å². The first kappa shape index (κ1) is 12.4. The molecule has 78 valence electrons. The molecule has 1 atom stereocenters. The number of ether oxygens (including phenoxy) is 2. The van der Waals surface area contributed by atoms with Crippen molar-refractivity contribution in [3.63, 3.8) is 0 Å². The maximum absolute atomic E-state index is 11.2. The van der Waals surface area contributed by atoms with Gasteiger partial charge in [-0.15, -0.1) is 0 Å². The summed E-state index contributed by atoms with van der Waals surface area (Å²) in [4.78, 5) is 11.2. The second-order valence-electron chi connectivity index (χ2n) is 3.71. The zero-order chi connectivity index (χ0) is 10.5. The van der Waals surface area contributed by atoms with E-state index in [2.05, 4.69) is 0 Å². The first-order valence-electron chi connectivity index (χ1n) is 4.45. The molecule has 13 heavy (non-hydrogen) atoms. The number of hydrogen-bond acceptors (Lipinski definition) is 4. The molecular weight excluding hydrogens is 170 g/mol. The fourth-order valence-corrected chi connectivity index (χ4v) is 0.854. The van der Waals surface area contributed by atoms with Crippen molar-refractivity contribution in [2.45, 2.75) is 39.4 Å². The number of esters is 1. The SMILES string of the molecule is CCOC(=O)[C@@H](CN)OC(C)(C)C. The highest BCUT2D eigenvalue weighted by Crippen LogP contribution is 2.11. The van der Waals surface area contributed by atoms with Crippen molar-refractivity contribution >= 4 is 5.97 Å². The minimum absolute atomic E-state index is 0.149. The molecular formula is C9H19NO3. The molecule has 4 heteroatoms. The van der Waals surface area contributed by atoms with Crippen LogP contribution < -0.4 is 5.73 Å². The van der Waals surface area contributed by atoms with Gasteiger partial charge in [0.2, 0.25) is 0 Å². The number of rotatable bonds is 4. The van der Waals surface area contributed by atoms with E-state index in [1.807, 2.05) is 20.8 Å². The highest BCUT2D eigenvalue weighted by molar-refractivity contribution is 5.75. The van der Waals surface area contributed by atoms with Crippen molar-refractivity contribution < 1.29 is 14.3 Å². The van der Waals surface area contributed by atoms with Crippen LogP contribution in [0.5, 0.6) is 0 Å². The Balaban J connectivity index is 4.10. The van der Waals surface area contributed by atoms with Crippen molar-refractivity contribution in [2.24, 2.45) is 5.73 Å². The third-order valence-corrected chi connectivity index (χ3v) is 1.26. The van der Waals surface area contributed by atoms with Crippen molar-refractivity contribution in [2.75, 3.05) is 13.2 Å². The fourth-order valence-electron chi connectivity index (χ4n) is 0.854. The Kier molecular flexibility index (Phi) is 4.95. The number of carbonyl (C=O) groups excluding carboxylic acids is 1. The van der Waals surface area contributed by atoms with Crippen molar-refractivity contribution in [3.8, 4) is 0 Å². The summed E-state index contributed by atoms with van der Waals surface area (Å²) in [6.07, 6.45) is -0.653. The van der Waals surface area contributed by atoms with E-state index in [1.54, 1.807) is 6.92 Å². The van der Waals surface area contributed by atoms with Gasteiger partial charge >= 0.3 is 5.97 Å². The molecule has 0 aliphatic carbocycles. The lowest BCUT2D eigenvalue weighted by molar-refractivity contribution is -0.164. The van der Waals surface area contributed by atoms with Crippen LogP contribution in [-0.2, 0) is 14.3 Å². The van der Waals surface area contributed by atoms with E-state index in [9.17, 15) is 4.79 Å². The average molecular weight is 189 g/mol. The Hall–Kier alpha value is -0.610. The number of carbonyl (C=O) groups is 1. The molecule has 0 radical (unpaired) electrons. The van der Waals surface area contributed by atoms with Crippen LogP contribution in [-0.4, -0.2) is 30.8 Å². The van der Waals surface area contributed by atoms with Crippen LogP contribution >= 0.6 is 0 Å². The predicted octanol–water partition coefficient (Wildman–Crippen LogP) is 0.692. The lowest BCUT2D eigenvalue weighted by Crippen LogP contribution is -2.39. The topological polar surface area (TPSA) is 61.5 Å². The van der Waals surface area contributed by atoms with Crippen molar-refractivity contribution in [3.05, 3.63) is 0 Å². The molecule has 0 aliphatic heterocycles. The third-order valence-electron chi connectivity index (χ3n) is 1.26. The summed E-state index contributed by atoms with van der Waals surface area (Å²) in [5, 5.41) is 0. The smallest absolute Gasteiger partial charge is 0.336 e. The van der Waals surface area contributed by atoms with Gasteiger partial charge in [0.1, 0.15) is 0 Å². The molecule has 0 rings (SSSR count). The zero-order valence-electron chi connectivity index (χ0n) is 8.79. The van der Waals surface area contributed by atoms with Gasteiger partial charge in [0, 0.05) is 6.54 Å².